The highest BCUT2D eigenvalue weighted by molar-refractivity contribution is 8.14. The van der Waals surface area contributed by atoms with E-state index in [-0.39, 0.29) is 23.3 Å². The number of rotatable bonds is 4. The number of amides is 2. The number of para-hydroxylation sites is 1. The summed E-state index contributed by atoms with van der Waals surface area (Å²) in [5.74, 6) is -0.978. The van der Waals surface area contributed by atoms with Crippen LogP contribution in [0.3, 0.4) is 0 Å². The van der Waals surface area contributed by atoms with Crippen LogP contribution in [0.25, 0.3) is 0 Å². The third-order valence-corrected chi connectivity index (χ3v) is 5.73. The SMILES string of the molecule is O=C(CSC1=NC2NNCC2C(=O)N1c1ccccc1)Nc1ccc(C(F)(F)F)cc1. The summed E-state index contributed by atoms with van der Waals surface area (Å²) in [5, 5.41) is 2.93. The van der Waals surface area contributed by atoms with Crippen LogP contribution in [0.5, 0.6) is 0 Å². The summed E-state index contributed by atoms with van der Waals surface area (Å²) in [6.45, 7) is 0.447. The zero-order valence-corrected chi connectivity index (χ0v) is 16.8. The van der Waals surface area contributed by atoms with Crippen LogP contribution >= 0.6 is 11.8 Å². The van der Waals surface area contributed by atoms with Crippen molar-refractivity contribution in [3.8, 4) is 0 Å². The summed E-state index contributed by atoms with van der Waals surface area (Å²) in [6, 6.07) is 13.2. The van der Waals surface area contributed by atoms with Gasteiger partial charge in [0.25, 0.3) is 0 Å². The fourth-order valence-corrected chi connectivity index (χ4v) is 4.10. The monoisotopic (exact) mass is 449 g/mol. The number of nitrogens with zero attached hydrogens (tertiary/aromatic N) is 2. The Morgan fingerprint density at radius 1 is 1.16 bits per heavy atom. The number of aliphatic imine (C=N–C) groups is 1. The summed E-state index contributed by atoms with van der Waals surface area (Å²) >= 11 is 1.08. The van der Waals surface area contributed by atoms with Crippen molar-refractivity contribution in [2.24, 2.45) is 10.9 Å². The Hall–Kier alpha value is -2.89. The van der Waals surface area contributed by atoms with Gasteiger partial charge in [0.05, 0.1) is 22.9 Å². The van der Waals surface area contributed by atoms with E-state index in [0.717, 1.165) is 23.9 Å². The molecule has 2 heterocycles. The van der Waals surface area contributed by atoms with Crippen LogP contribution in [0.2, 0.25) is 0 Å². The quantitative estimate of drug-likeness (QED) is 0.669. The number of halogens is 3. The second-order valence-electron chi connectivity index (χ2n) is 6.91. The Bertz CT molecular complexity index is 998. The predicted octanol–water partition coefficient (Wildman–Crippen LogP) is 2.83. The lowest BCUT2D eigenvalue weighted by Crippen LogP contribution is -2.49. The standard InChI is InChI=1S/C20H18F3N5O2S/c21-20(22,23)12-6-8-13(9-7-12)25-16(29)11-31-19-26-17-15(10-24-27-17)18(30)28(19)14-4-2-1-3-5-14/h1-9,15,17,24,27H,10-11H2,(H,25,29). The first-order valence-electron chi connectivity index (χ1n) is 9.38. The van der Waals surface area contributed by atoms with E-state index in [2.05, 4.69) is 21.2 Å². The van der Waals surface area contributed by atoms with E-state index in [0.29, 0.717) is 17.4 Å². The molecule has 1 fully saturated rings. The van der Waals surface area contributed by atoms with Crippen LogP contribution in [0.4, 0.5) is 24.5 Å². The van der Waals surface area contributed by atoms with Gasteiger partial charge in [-0.3, -0.25) is 19.9 Å². The lowest BCUT2D eigenvalue weighted by molar-refractivity contribution is -0.137. The van der Waals surface area contributed by atoms with E-state index in [1.165, 1.54) is 17.0 Å². The Morgan fingerprint density at radius 2 is 1.87 bits per heavy atom. The van der Waals surface area contributed by atoms with Crippen molar-refractivity contribution in [2.75, 3.05) is 22.5 Å². The van der Waals surface area contributed by atoms with Gasteiger partial charge >= 0.3 is 6.18 Å². The van der Waals surface area contributed by atoms with E-state index in [4.69, 9.17) is 0 Å². The van der Waals surface area contributed by atoms with Crippen molar-refractivity contribution in [2.45, 2.75) is 12.3 Å². The molecule has 2 unspecified atom stereocenters. The maximum atomic E-state index is 13.0. The van der Waals surface area contributed by atoms with Crippen LogP contribution in [0, 0.1) is 5.92 Å². The van der Waals surface area contributed by atoms with Gasteiger partial charge in [-0.1, -0.05) is 30.0 Å². The zero-order valence-electron chi connectivity index (χ0n) is 16.0. The molecule has 0 spiro atoms. The van der Waals surface area contributed by atoms with Gasteiger partial charge < -0.3 is 5.32 Å². The molecule has 1 saturated heterocycles. The number of fused-ring (bicyclic) bond motifs is 1. The Balaban J connectivity index is 1.45. The summed E-state index contributed by atoms with van der Waals surface area (Å²) < 4.78 is 38.0. The molecule has 0 aliphatic carbocycles. The molecular formula is C20H18F3N5O2S. The molecule has 2 aliphatic rings. The number of hydrogen-bond donors (Lipinski definition) is 3. The molecule has 2 aromatic rings. The van der Waals surface area contributed by atoms with Gasteiger partial charge in [0.1, 0.15) is 6.17 Å². The molecule has 162 valence electrons. The van der Waals surface area contributed by atoms with Crippen molar-refractivity contribution >= 4 is 40.1 Å². The molecule has 3 N–H and O–H groups in total. The van der Waals surface area contributed by atoms with E-state index >= 15 is 0 Å². The first-order valence-corrected chi connectivity index (χ1v) is 10.4. The number of anilines is 2. The molecule has 0 bridgehead atoms. The van der Waals surface area contributed by atoms with Crippen molar-refractivity contribution in [1.29, 1.82) is 0 Å². The second-order valence-corrected chi connectivity index (χ2v) is 7.85. The largest absolute Gasteiger partial charge is 0.416 e. The smallest absolute Gasteiger partial charge is 0.325 e. The third kappa shape index (κ3) is 4.73. The van der Waals surface area contributed by atoms with Crippen LogP contribution < -0.4 is 21.1 Å². The zero-order chi connectivity index (χ0) is 22.0. The number of hydrazine groups is 1. The summed E-state index contributed by atoms with van der Waals surface area (Å²) in [7, 11) is 0. The number of thioether (sulfide) groups is 1. The van der Waals surface area contributed by atoms with Gasteiger partial charge in [-0.05, 0) is 36.4 Å². The van der Waals surface area contributed by atoms with Gasteiger partial charge in [-0.15, -0.1) is 0 Å². The van der Waals surface area contributed by atoms with Crippen molar-refractivity contribution < 1.29 is 22.8 Å². The number of nitrogens with one attached hydrogen (secondary N) is 3. The first-order chi connectivity index (χ1) is 14.8. The van der Waals surface area contributed by atoms with Crippen molar-refractivity contribution in [1.82, 2.24) is 10.9 Å². The summed E-state index contributed by atoms with van der Waals surface area (Å²) in [6.07, 6.45) is -4.86. The van der Waals surface area contributed by atoms with Gasteiger partial charge in [0, 0.05) is 12.2 Å². The Labute approximate surface area is 180 Å². The third-order valence-electron chi connectivity index (χ3n) is 4.77. The van der Waals surface area contributed by atoms with Gasteiger partial charge in [0.2, 0.25) is 11.8 Å². The topological polar surface area (TPSA) is 85.8 Å². The second kappa shape index (κ2) is 8.69. The highest BCUT2D eigenvalue weighted by atomic mass is 32.2. The highest BCUT2D eigenvalue weighted by Gasteiger charge is 2.42. The molecule has 0 aromatic heterocycles. The van der Waals surface area contributed by atoms with Gasteiger partial charge in [-0.25, -0.2) is 10.4 Å². The molecule has 0 saturated carbocycles. The normalized spacial score (nSPS) is 20.9. The van der Waals surface area contributed by atoms with Crippen LogP contribution in [0.15, 0.2) is 59.6 Å². The molecule has 31 heavy (non-hydrogen) atoms. The van der Waals surface area contributed by atoms with Gasteiger partial charge in [-0.2, -0.15) is 13.2 Å². The number of carbonyl (C=O) groups excluding carboxylic acids is 2. The van der Waals surface area contributed by atoms with Crippen LogP contribution in [0.1, 0.15) is 5.56 Å². The molecule has 7 nitrogen and oxygen atoms in total. The fraction of sp³-hybridized carbons (Fsp3) is 0.250. The Kier molecular flexibility index (Phi) is 5.99. The lowest BCUT2D eigenvalue weighted by Gasteiger charge is -2.32. The molecule has 2 atom stereocenters. The van der Waals surface area contributed by atoms with Crippen LogP contribution in [-0.4, -0.2) is 35.4 Å². The average Bonchev–Trinajstić information content (AvgIpc) is 3.22. The van der Waals surface area contributed by atoms with Gasteiger partial charge in [0.15, 0.2) is 5.17 Å². The number of benzene rings is 2. The summed E-state index contributed by atoms with van der Waals surface area (Å²) in [5.41, 5.74) is 5.98. The number of hydrogen-bond acceptors (Lipinski definition) is 6. The van der Waals surface area contributed by atoms with E-state index in [9.17, 15) is 22.8 Å². The van der Waals surface area contributed by atoms with E-state index in [1.54, 1.807) is 24.3 Å². The number of alkyl halides is 3. The molecule has 11 heteroatoms. The van der Waals surface area contributed by atoms with Crippen LogP contribution in [-0.2, 0) is 15.8 Å². The molecule has 2 aliphatic heterocycles. The minimum Gasteiger partial charge on any atom is -0.325 e. The number of carbonyl (C=O) groups is 2. The molecule has 4 rings (SSSR count). The lowest BCUT2D eigenvalue weighted by atomic mass is 10.1. The van der Waals surface area contributed by atoms with E-state index in [1.807, 2.05) is 6.07 Å². The summed E-state index contributed by atoms with van der Waals surface area (Å²) in [4.78, 5) is 31.4. The molecule has 0 radical (unpaired) electrons. The fourth-order valence-electron chi connectivity index (χ4n) is 3.25. The number of amidine groups is 1. The van der Waals surface area contributed by atoms with Crippen molar-refractivity contribution in [3.63, 3.8) is 0 Å². The average molecular weight is 449 g/mol. The predicted molar refractivity (Wildman–Crippen MR) is 112 cm³/mol. The first kappa shape index (κ1) is 21.3. The maximum absolute atomic E-state index is 13.0. The molecule has 2 aromatic carbocycles. The van der Waals surface area contributed by atoms with Crippen molar-refractivity contribution in [3.05, 3.63) is 60.2 Å². The maximum Gasteiger partial charge on any atom is 0.416 e. The minimum absolute atomic E-state index is 0.0682. The van der Waals surface area contributed by atoms with E-state index < -0.39 is 23.8 Å². The Morgan fingerprint density at radius 3 is 2.55 bits per heavy atom. The minimum atomic E-state index is -4.44. The molecular weight excluding hydrogens is 431 g/mol. The highest BCUT2D eigenvalue weighted by Crippen LogP contribution is 2.31. The molecule has 2 amide bonds.